The Bertz CT molecular complexity index is 1330. The Balaban J connectivity index is 1.56. The summed E-state index contributed by atoms with van der Waals surface area (Å²) in [7, 11) is 0. The van der Waals surface area contributed by atoms with Crippen molar-refractivity contribution in [3.05, 3.63) is 52.2 Å². The lowest BCUT2D eigenvalue weighted by molar-refractivity contribution is -0.137. The molecule has 2 amide bonds. The molecule has 0 bridgehead atoms. The fraction of sp³-hybridized carbons (Fsp3) is 0.238. The maximum absolute atomic E-state index is 13.2. The number of aromatic nitrogens is 3. The van der Waals surface area contributed by atoms with Crippen LogP contribution in [-0.2, 0) is 15.8 Å². The molecule has 0 atom stereocenters. The molecule has 12 heteroatoms. The Labute approximate surface area is 189 Å². The summed E-state index contributed by atoms with van der Waals surface area (Å²) in [4.78, 5) is 27.9. The summed E-state index contributed by atoms with van der Waals surface area (Å²) >= 11 is 5.71. The van der Waals surface area contributed by atoms with E-state index in [1.54, 1.807) is 10.6 Å². The molecule has 1 aliphatic heterocycles. The van der Waals surface area contributed by atoms with E-state index in [0.29, 0.717) is 17.0 Å². The monoisotopic (exact) mass is 476 g/mol. The van der Waals surface area contributed by atoms with Gasteiger partial charge in [0, 0.05) is 28.9 Å². The number of alkyl halides is 3. The zero-order valence-electron chi connectivity index (χ0n) is 16.8. The van der Waals surface area contributed by atoms with E-state index in [4.69, 9.17) is 11.6 Å². The van der Waals surface area contributed by atoms with Crippen molar-refractivity contribution < 1.29 is 22.8 Å². The van der Waals surface area contributed by atoms with Crippen LogP contribution in [0.4, 0.5) is 30.5 Å². The SMILES string of the molecule is O=C1C/C(=C\c2cnn3c(NC4CC4)cc(Nc4ccc(Cl)c(C(F)(F)F)c4)nc23)C(=O)N1. The average Bonchev–Trinajstić information content (AvgIpc) is 3.37. The minimum Gasteiger partial charge on any atom is -0.367 e. The number of nitrogens with zero attached hydrogens (tertiary/aromatic N) is 3. The summed E-state index contributed by atoms with van der Waals surface area (Å²) in [5.74, 6) is -0.0112. The Hall–Kier alpha value is -3.60. The van der Waals surface area contributed by atoms with Crippen LogP contribution in [-0.4, -0.2) is 32.5 Å². The van der Waals surface area contributed by atoms with Crippen LogP contribution < -0.4 is 16.0 Å². The Morgan fingerprint density at radius 2 is 2.00 bits per heavy atom. The van der Waals surface area contributed by atoms with Crippen molar-refractivity contribution >= 4 is 52.5 Å². The molecule has 0 radical (unpaired) electrons. The largest absolute Gasteiger partial charge is 0.417 e. The summed E-state index contributed by atoms with van der Waals surface area (Å²) < 4.78 is 41.3. The van der Waals surface area contributed by atoms with Gasteiger partial charge in [-0.15, -0.1) is 0 Å². The topological polar surface area (TPSA) is 100 Å². The maximum Gasteiger partial charge on any atom is 0.417 e. The lowest BCUT2D eigenvalue weighted by Gasteiger charge is -2.14. The van der Waals surface area contributed by atoms with Gasteiger partial charge >= 0.3 is 6.18 Å². The van der Waals surface area contributed by atoms with Gasteiger partial charge in [0.15, 0.2) is 5.65 Å². The number of anilines is 3. The van der Waals surface area contributed by atoms with E-state index in [2.05, 4.69) is 26.0 Å². The van der Waals surface area contributed by atoms with Crippen LogP contribution in [0.1, 0.15) is 30.4 Å². The fourth-order valence-electron chi connectivity index (χ4n) is 3.46. The Kier molecular flexibility index (Phi) is 5.00. The number of carbonyl (C=O) groups excluding carboxylic acids is 2. The van der Waals surface area contributed by atoms with Gasteiger partial charge in [-0.25, -0.2) is 4.98 Å². The van der Waals surface area contributed by atoms with Gasteiger partial charge in [-0.1, -0.05) is 11.6 Å². The first-order valence-corrected chi connectivity index (χ1v) is 10.4. The van der Waals surface area contributed by atoms with Crippen LogP contribution in [0.3, 0.4) is 0 Å². The first kappa shape index (κ1) is 21.3. The van der Waals surface area contributed by atoms with E-state index in [0.717, 1.165) is 18.9 Å². The lowest BCUT2D eigenvalue weighted by Crippen LogP contribution is -2.19. The van der Waals surface area contributed by atoms with Crippen LogP contribution in [0.15, 0.2) is 36.0 Å². The maximum atomic E-state index is 13.2. The predicted octanol–water partition coefficient (Wildman–Crippen LogP) is 4.15. The molecule has 3 heterocycles. The number of hydrogen-bond donors (Lipinski definition) is 3. The van der Waals surface area contributed by atoms with Gasteiger partial charge in [-0.3, -0.25) is 14.9 Å². The quantitative estimate of drug-likeness (QED) is 0.378. The van der Waals surface area contributed by atoms with E-state index in [-0.39, 0.29) is 29.5 Å². The minimum absolute atomic E-state index is 0.0493. The molecule has 33 heavy (non-hydrogen) atoms. The highest BCUT2D eigenvalue weighted by Crippen LogP contribution is 2.37. The number of nitrogens with one attached hydrogen (secondary N) is 3. The highest BCUT2D eigenvalue weighted by Gasteiger charge is 2.33. The molecule has 3 N–H and O–H groups in total. The molecule has 1 aliphatic carbocycles. The highest BCUT2D eigenvalue weighted by molar-refractivity contribution is 6.31. The van der Waals surface area contributed by atoms with Gasteiger partial charge in [0.2, 0.25) is 5.91 Å². The number of imide groups is 1. The number of benzene rings is 1. The molecule has 1 saturated carbocycles. The zero-order valence-corrected chi connectivity index (χ0v) is 17.6. The molecule has 3 aromatic rings. The molecular weight excluding hydrogens is 461 g/mol. The van der Waals surface area contributed by atoms with Crippen LogP contribution in [0.5, 0.6) is 0 Å². The number of halogens is 4. The number of amides is 2. The van der Waals surface area contributed by atoms with Crippen molar-refractivity contribution in [2.24, 2.45) is 0 Å². The third-order valence-electron chi connectivity index (χ3n) is 5.20. The van der Waals surface area contributed by atoms with Crippen LogP contribution in [0, 0.1) is 0 Å². The summed E-state index contributed by atoms with van der Waals surface area (Å²) in [6, 6.07) is 5.41. The van der Waals surface area contributed by atoms with E-state index in [1.165, 1.54) is 24.4 Å². The number of rotatable bonds is 5. The van der Waals surface area contributed by atoms with Crippen molar-refractivity contribution in [2.45, 2.75) is 31.5 Å². The van der Waals surface area contributed by atoms with Crippen molar-refractivity contribution in [1.29, 1.82) is 0 Å². The highest BCUT2D eigenvalue weighted by atomic mass is 35.5. The molecule has 0 unspecified atom stereocenters. The molecule has 1 saturated heterocycles. The first-order valence-electron chi connectivity index (χ1n) is 10.0. The van der Waals surface area contributed by atoms with Crippen molar-refractivity contribution in [3.8, 4) is 0 Å². The minimum atomic E-state index is -4.60. The van der Waals surface area contributed by atoms with Crippen LogP contribution in [0.25, 0.3) is 11.7 Å². The number of carbonyl (C=O) groups is 2. The summed E-state index contributed by atoms with van der Waals surface area (Å²) in [6.07, 6.45) is 0.362. The second-order valence-corrected chi connectivity index (χ2v) is 8.23. The third-order valence-corrected chi connectivity index (χ3v) is 5.53. The first-order chi connectivity index (χ1) is 15.7. The molecule has 1 aromatic carbocycles. The predicted molar refractivity (Wildman–Crippen MR) is 115 cm³/mol. The van der Waals surface area contributed by atoms with Crippen molar-refractivity contribution in [1.82, 2.24) is 19.9 Å². The third kappa shape index (κ3) is 4.36. The van der Waals surface area contributed by atoms with Crippen LogP contribution >= 0.6 is 11.6 Å². The Morgan fingerprint density at radius 1 is 1.21 bits per heavy atom. The molecule has 8 nitrogen and oxygen atoms in total. The van der Waals surface area contributed by atoms with Gasteiger partial charge in [0.25, 0.3) is 5.91 Å². The average molecular weight is 477 g/mol. The summed E-state index contributed by atoms with van der Waals surface area (Å²) in [6.45, 7) is 0. The lowest BCUT2D eigenvalue weighted by atomic mass is 10.1. The van der Waals surface area contributed by atoms with E-state index < -0.39 is 28.6 Å². The van der Waals surface area contributed by atoms with E-state index in [1.807, 2.05) is 0 Å². The summed E-state index contributed by atoms with van der Waals surface area (Å²) in [5, 5.41) is 12.4. The summed E-state index contributed by atoms with van der Waals surface area (Å²) in [5.41, 5.74) is 0.330. The van der Waals surface area contributed by atoms with E-state index >= 15 is 0 Å². The Morgan fingerprint density at radius 3 is 2.67 bits per heavy atom. The van der Waals surface area contributed by atoms with Gasteiger partial charge in [0.1, 0.15) is 11.6 Å². The van der Waals surface area contributed by atoms with Gasteiger partial charge in [0.05, 0.1) is 23.2 Å². The second-order valence-electron chi connectivity index (χ2n) is 7.82. The van der Waals surface area contributed by atoms with E-state index in [9.17, 15) is 22.8 Å². The normalized spacial score (nSPS) is 17.6. The molecule has 2 aliphatic rings. The smallest absolute Gasteiger partial charge is 0.367 e. The van der Waals surface area contributed by atoms with Crippen molar-refractivity contribution in [2.75, 3.05) is 10.6 Å². The van der Waals surface area contributed by atoms with Crippen molar-refractivity contribution in [3.63, 3.8) is 0 Å². The van der Waals surface area contributed by atoms with Gasteiger partial charge in [-0.05, 0) is 37.1 Å². The molecular formula is C21H16ClF3N6O2. The molecule has 2 fully saturated rings. The number of fused-ring (bicyclic) bond motifs is 1. The second kappa shape index (κ2) is 7.77. The fourth-order valence-corrected chi connectivity index (χ4v) is 3.69. The zero-order chi connectivity index (χ0) is 23.3. The molecule has 170 valence electrons. The number of hydrogen-bond acceptors (Lipinski definition) is 6. The van der Waals surface area contributed by atoms with Crippen LogP contribution in [0.2, 0.25) is 5.02 Å². The van der Waals surface area contributed by atoms with Gasteiger partial charge in [-0.2, -0.15) is 22.8 Å². The standard InChI is InChI=1S/C21H16ClF3N6O2/c22-15-4-3-13(7-14(15)21(23,24)25)27-16-8-17(28-12-1-2-12)31-19(29-16)11(9-26-31)5-10-6-18(32)30-20(10)33/h3-5,7-9,12,28H,1-2,6H2,(H,27,29)(H,30,32,33)/b10-5+. The molecule has 2 aromatic heterocycles. The van der Waals surface area contributed by atoms with Gasteiger partial charge < -0.3 is 10.6 Å². The molecule has 0 spiro atoms. The molecule has 5 rings (SSSR count).